The fourth-order valence-electron chi connectivity index (χ4n) is 4.92. The Bertz CT molecular complexity index is 1200. The van der Waals surface area contributed by atoms with E-state index in [4.69, 9.17) is 10.00 Å². The lowest BCUT2D eigenvalue weighted by Crippen LogP contribution is -2.50. The predicted octanol–water partition coefficient (Wildman–Crippen LogP) is 2.42. The largest absolute Gasteiger partial charge is 0.423 e. The summed E-state index contributed by atoms with van der Waals surface area (Å²) >= 11 is 0. The van der Waals surface area contributed by atoms with Gasteiger partial charge in [-0.05, 0) is 31.4 Å². The number of amides is 1. The molecule has 2 aromatic rings. The summed E-state index contributed by atoms with van der Waals surface area (Å²) in [4.78, 5) is 34.5. The molecule has 2 saturated heterocycles. The highest BCUT2D eigenvalue weighted by atomic mass is 19.4. The molecule has 10 nitrogen and oxygen atoms in total. The number of nitrogens with zero attached hydrogens (tertiary/aromatic N) is 6. The molecular formula is C25H30F3N7O3. The average molecular weight is 534 g/mol. The number of carbonyl (C=O) groups excluding carboxylic acids is 1. The Morgan fingerprint density at radius 2 is 2.00 bits per heavy atom. The fraction of sp³-hybridized carbons (Fsp3) is 0.560. The van der Waals surface area contributed by atoms with Crippen LogP contribution in [0.2, 0.25) is 0 Å². The molecule has 0 bridgehead atoms. The first-order valence-corrected chi connectivity index (χ1v) is 12.6. The molecule has 0 saturated carbocycles. The van der Waals surface area contributed by atoms with Crippen molar-refractivity contribution in [3.8, 4) is 6.07 Å². The van der Waals surface area contributed by atoms with Gasteiger partial charge >= 0.3 is 6.18 Å². The highest BCUT2D eigenvalue weighted by Crippen LogP contribution is 2.36. The molecule has 13 heteroatoms. The third-order valence-corrected chi connectivity index (χ3v) is 7.03. The maximum absolute atomic E-state index is 13.5. The smallest absolute Gasteiger partial charge is 0.379 e. The maximum atomic E-state index is 13.5. The second-order valence-corrected chi connectivity index (χ2v) is 9.54. The van der Waals surface area contributed by atoms with Gasteiger partial charge in [-0.25, -0.2) is 10.1 Å². The number of nitriles is 1. The van der Waals surface area contributed by atoms with Gasteiger partial charge in [0.25, 0.3) is 5.56 Å². The number of alkyl halides is 3. The quantitative estimate of drug-likeness (QED) is 0.514. The first-order chi connectivity index (χ1) is 18.2. The topological polar surface area (TPSA) is 118 Å². The van der Waals surface area contributed by atoms with E-state index in [2.05, 4.69) is 15.0 Å². The van der Waals surface area contributed by atoms with Crippen molar-refractivity contribution in [3.63, 3.8) is 0 Å². The SMILES string of the molecule is C[C@H](CCOC[C@@H]1CCCN1c1cn[nH]c(=O)c1C(F)(F)F)C(=O)N1CCN(c2ccc(C#N)cn2)CC1. The molecular weight excluding hydrogens is 503 g/mol. The fourth-order valence-corrected chi connectivity index (χ4v) is 4.92. The van der Waals surface area contributed by atoms with Crippen molar-refractivity contribution in [1.29, 1.82) is 5.26 Å². The van der Waals surface area contributed by atoms with Crippen LogP contribution in [0.15, 0.2) is 29.3 Å². The molecule has 0 spiro atoms. The summed E-state index contributed by atoms with van der Waals surface area (Å²) in [6, 6.07) is 5.26. The summed E-state index contributed by atoms with van der Waals surface area (Å²) in [5, 5.41) is 14.3. The number of hydrogen-bond donors (Lipinski definition) is 1. The average Bonchev–Trinajstić information content (AvgIpc) is 3.38. The Hall–Kier alpha value is -3.66. The number of halogens is 3. The van der Waals surface area contributed by atoms with Crippen LogP contribution >= 0.6 is 0 Å². The number of H-pyrrole nitrogens is 1. The van der Waals surface area contributed by atoms with E-state index in [1.807, 2.05) is 23.0 Å². The molecule has 0 aromatic carbocycles. The summed E-state index contributed by atoms with van der Waals surface area (Å²) in [5.41, 5.74) is -2.24. The van der Waals surface area contributed by atoms with Crippen molar-refractivity contribution >= 4 is 17.4 Å². The summed E-state index contributed by atoms with van der Waals surface area (Å²) in [6.45, 7) is 5.13. The van der Waals surface area contributed by atoms with Crippen LogP contribution < -0.4 is 15.4 Å². The number of hydrogen-bond acceptors (Lipinski definition) is 8. The van der Waals surface area contributed by atoms with Gasteiger partial charge in [0.05, 0.1) is 30.1 Å². The van der Waals surface area contributed by atoms with Crippen LogP contribution in [0.5, 0.6) is 0 Å². The van der Waals surface area contributed by atoms with Crippen molar-refractivity contribution in [2.24, 2.45) is 5.92 Å². The predicted molar refractivity (Wildman–Crippen MR) is 133 cm³/mol. The molecule has 2 aliphatic heterocycles. The molecule has 0 unspecified atom stereocenters. The summed E-state index contributed by atoms with van der Waals surface area (Å²) < 4.78 is 46.3. The Morgan fingerprint density at radius 3 is 2.66 bits per heavy atom. The van der Waals surface area contributed by atoms with Gasteiger partial charge in [0, 0.05) is 51.4 Å². The normalized spacial score (nSPS) is 18.9. The van der Waals surface area contributed by atoms with Crippen molar-refractivity contribution in [1.82, 2.24) is 20.1 Å². The molecule has 38 heavy (non-hydrogen) atoms. The molecule has 2 atom stereocenters. The Balaban J connectivity index is 1.23. The van der Waals surface area contributed by atoms with Gasteiger partial charge in [-0.15, -0.1) is 0 Å². The van der Waals surface area contributed by atoms with E-state index in [0.29, 0.717) is 64.2 Å². The van der Waals surface area contributed by atoms with E-state index < -0.39 is 17.3 Å². The number of nitrogens with one attached hydrogen (secondary N) is 1. The zero-order valence-electron chi connectivity index (χ0n) is 21.1. The molecule has 2 aliphatic rings. The number of anilines is 2. The van der Waals surface area contributed by atoms with Gasteiger partial charge in [0.15, 0.2) is 0 Å². The molecule has 4 heterocycles. The van der Waals surface area contributed by atoms with Crippen LogP contribution in [0.1, 0.15) is 37.3 Å². The minimum atomic E-state index is -4.79. The van der Waals surface area contributed by atoms with Gasteiger partial charge < -0.3 is 19.4 Å². The molecule has 2 aromatic heterocycles. The number of rotatable bonds is 8. The second kappa shape index (κ2) is 11.8. The number of aromatic nitrogens is 3. The van der Waals surface area contributed by atoms with Crippen molar-refractivity contribution in [3.05, 3.63) is 46.0 Å². The molecule has 4 rings (SSSR count). The van der Waals surface area contributed by atoms with Gasteiger partial charge in [-0.2, -0.15) is 23.5 Å². The van der Waals surface area contributed by atoms with Crippen LogP contribution in [0.3, 0.4) is 0 Å². The van der Waals surface area contributed by atoms with Crippen molar-refractivity contribution in [2.45, 2.75) is 38.4 Å². The van der Waals surface area contributed by atoms with Crippen LogP contribution in [-0.4, -0.2) is 78.0 Å². The maximum Gasteiger partial charge on any atom is 0.423 e. The molecule has 204 valence electrons. The number of pyridine rings is 1. The zero-order chi connectivity index (χ0) is 27.3. The van der Waals surface area contributed by atoms with Crippen LogP contribution in [0, 0.1) is 17.2 Å². The van der Waals surface area contributed by atoms with E-state index >= 15 is 0 Å². The van der Waals surface area contributed by atoms with E-state index in [1.165, 1.54) is 6.20 Å². The minimum Gasteiger partial charge on any atom is -0.379 e. The first-order valence-electron chi connectivity index (χ1n) is 12.6. The standard InChI is InChI=1S/C25H30F3N7O3/c1-17(24(37)34-10-8-33(9-11-34)21-5-4-18(13-29)14-30-21)6-12-38-16-19-3-2-7-35(19)20-15-31-32-23(36)22(20)25(26,27)28/h4-5,14-15,17,19H,2-3,6-12,16H2,1H3,(H,32,36)/t17-,19+/m1/s1. The van der Waals surface area contributed by atoms with Gasteiger partial charge in [0.1, 0.15) is 17.5 Å². The number of ether oxygens (including phenoxy) is 1. The van der Waals surface area contributed by atoms with E-state index in [1.54, 1.807) is 17.0 Å². The Morgan fingerprint density at radius 1 is 1.24 bits per heavy atom. The lowest BCUT2D eigenvalue weighted by Gasteiger charge is -2.36. The first kappa shape index (κ1) is 27.4. The van der Waals surface area contributed by atoms with E-state index in [0.717, 1.165) is 12.0 Å². The molecule has 1 amide bonds. The summed E-state index contributed by atoms with van der Waals surface area (Å²) in [7, 11) is 0. The van der Waals surface area contributed by atoms with Gasteiger partial charge in [-0.1, -0.05) is 6.92 Å². The van der Waals surface area contributed by atoms with Crippen LogP contribution in [0.25, 0.3) is 0 Å². The molecule has 0 aliphatic carbocycles. The van der Waals surface area contributed by atoms with E-state index in [-0.39, 0.29) is 30.2 Å². The molecule has 2 fully saturated rings. The lowest BCUT2D eigenvalue weighted by molar-refractivity contribution is -0.138. The van der Waals surface area contributed by atoms with Gasteiger partial charge in [-0.3, -0.25) is 9.59 Å². The molecule has 1 N–H and O–H groups in total. The Labute approximate surface area is 218 Å². The summed E-state index contributed by atoms with van der Waals surface area (Å²) in [5.74, 6) is 0.549. The van der Waals surface area contributed by atoms with Gasteiger partial charge in [0.2, 0.25) is 5.91 Å². The molecule has 0 radical (unpaired) electrons. The lowest BCUT2D eigenvalue weighted by atomic mass is 10.1. The summed E-state index contributed by atoms with van der Waals surface area (Å²) in [6.07, 6.45) is -0.414. The highest BCUT2D eigenvalue weighted by Gasteiger charge is 2.40. The van der Waals surface area contributed by atoms with Crippen LogP contribution in [-0.2, 0) is 15.7 Å². The van der Waals surface area contributed by atoms with Crippen molar-refractivity contribution in [2.75, 3.05) is 55.7 Å². The van der Waals surface area contributed by atoms with Crippen LogP contribution in [0.4, 0.5) is 24.7 Å². The third-order valence-electron chi connectivity index (χ3n) is 7.03. The number of piperazine rings is 1. The van der Waals surface area contributed by atoms with Crippen molar-refractivity contribution < 1.29 is 22.7 Å². The van der Waals surface area contributed by atoms with E-state index in [9.17, 15) is 22.8 Å². The highest BCUT2D eigenvalue weighted by molar-refractivity contribution is 5.78. The number of carbonyl (C=O) groups is 1. The second-order valence-electron chi connectivity index (χ2n) is 9.54. The third kappa shape index (κ3) is 6.24. The Kier molecular flexibility index (Phi) is 8.51. The minimum absolute atomic E-state index is 0.0351. The monoisotopic (exact) mass is 533 g/mol. The zero-order valence-corrected chi connectivity index (χ0v) is 21.1. The number of aromatic amines is 1.